The Kier molecular flexibility index (Phi) is 3.64. The van der Waals surface area contributed by atoms with Crippen molar-refractivity contribution in [2.45, 2.75) is 13.5 Å². The smallest absolute Gasteiger partial charge is 0.306 e. The van der Waals surface area contributed by atoms with Gasteiger partial charge in [0.2, 0.25) is 0 Å². The van der Waals surface area contributed by atoms with E-state index in [1.807, 2.05) is 6.07 Å². The average molecular weight is 255 g/mol. The Morgan fingerprint density at radius 2 is 2.41 bits per heavy atom. The van der Waals surface area contributed by atoms with Gasteiger partial charge >= 0.3 is 5.97 Å². The van der Waals surface area contributed by atoms with Crippen LogP contribution >= 0.6 is 11.6 Å². The zero-order valence-corrected chi connectivity index (χ0v) is 10.4. The van der Waals surface area contributed by atoms with Crippen LogP contribution in [-0.2, 0) is 11.3 Å². The van der Waals surface area contributed by atoms with E-state index in [0.717, 1.165) is 25.2 Å². The molecule has 92 valence electrons. The van der Waals surface area contributed by atoms with Gasteiger partial charge < -0.3 is 5.11 Å². The van der Waals surface area contributed by atoms with E-state index >= 15 is 0 Å². The topological polar surface area (TPSA) is 53.4 Å². The maximum atomic E-state index is 10.8. The molecular weight excluding hydrogens is 240 g/mol. The quantitative estimate of drug-likeness (QED) is 0.892. The first-order chi connectivity index (χ1) is 8.08. The van der Waals surface area contributed by atoms with Crippen molar-refractivity contribution in [3.63, 3.8) is 0 Å². The molecular formula is C12H15ClN2O2. The lowest BCUT2D eigenvalue weighted by atomic mass is 9.87. The van der Waals surface area contributed by atoms with Gasteiger partial charge in [-0.1, -0.05) is 18.5 Å². The van der Waals surface area contributed by atoms with E-state index < -0.39 is 5.97 Å². The third-order valence-electron chi connectivity index (χ3n) is 3.33. The van der Waals surface area contributed by atoms with E-state index in [4.69, 9.17) is 16.7 Å². The molecule has 1 unspecified atom stereocenters. The second-order valence-electron chi connectivity index (χ2n) is 4.55. The lowest BCUT2D eigenvalue weighted by Crippen LogP contribution is -2.50. The molecule has 1 aromatic heterocycles. The van der Waals surface area contributed by atoms with Crippen LogP contribution in [0.25, 0.3) is 0 Å². The van der Waals surface area contributed by atoms with Gasteiger partial charge in [-0.15, -0.1) is 0 Å². The van der Waals surface area contributed by atoms with Crippen molar-refractivity contribution >= 4 is 17.6 Å². The second kappa shape index (κ2) is 5.02. The van der Waals surface area contributed by atoms with Crippen LogP contribution in [0.1, 0.15) is 12.5 Å². The highest BCUT2D eigenvalue weighted by atomic mass is 35.5. The maximum Gasteiger partial charge on any atom is 0.306 e. The van der Waals surface area contributed by atoms with Crippen LogP contribution in [0.2, 0.25) is 5.02 Å². The average Bonchev–Trinajstić information content (AvgIpc) is 2.24. The predicted octanol–water partition coefficient (Wildman–Crippen LogP) is 1.89. The number of aliphatic carboxylic acids is 1. The molecule has 4 nitrogen and oxygen atoms in total. The molecule has 0 radical (unpaired) electrons. The van der Waals surface area contributed by atoms with Crippen LogP contribution in [0, 0.1) is 11.8 Å². The third-order valence-corrected chi connectivity index (χ3v) is 3.67. The Bertz CT molecular complexity index is 419. The zero-order valence-electron chi connectivity index (χ0n) is 9.64. The van der Waals surface area contributed by atoms with Gasteiger partial charge in [-0.25, -0.2) is 0 Å². The number of aromatic nitrogens is 1. The Morgan fingerprint density at radius 3 is 3.00 bits per heavy atom. The molecule has 0 bridgehead atoms. The Balaban J connectivity index is 1.85. The molecule has 0 amide bonds. The summed E-state index contributed by atoms with van der Waals surface area (Å²) in [5.74, 6) is -0.719. The minimum Gasteiger partial charge on any atom is -0.481 e. The molecule has 0 aromatic carbocycles. The van der Waals surface area contributed by atoms with Gasteiger partial charge in [0.1, 0.15) is 0 Å². The zero-order chi connectivity index (χ0) is 12.4. The first kappa shape index (κ1) is 12.3. The molecule has 17 heavy (non-hydrogen) atoms. The summed E-state index contributed by atoms with van der Waals surface area (Å²) in [6.45, 7) is 4.19. The molecule has 2 heterocycles. The predicted molar refractivity (Wildman–Crippen MR) is 64.8 cm³/mol. The van der Waals surface area contributed by atoms with Crippen molar-refractivity contribution in [3.05, 3.63) is 29.0 Å². The van der Waals surface area contributed by atoms with Gasteiger partial charge in [-0.05, 0) is 17.5 Å². The Labute approximate surface area is 105 Å². The third kappa shape index (κ3) is 2.76. The highest BCUT2D eigenvalue weighted by Gasteiger charge is 2.34. The van der Waals surface area contributed by atoms with Gasteiger partial charge in [0.25, 0.3) is 0 Å². The van der Waals surface area contributed by atoms with Crippen LogP contribution in [0.15, 0.2) is 18.5 Å². The number of halogens is 1. The van der Waals surface area contributed by atoms with Crippen molar-refractivity contribution in [1.29, 1.82) is 0 Å². The monoisotopic (exact) mass is 254 g/mol. The van der Waals surface area contributed by atoms with Crippen molar-refractivity contribution in [2.75, 3.05) is 13.1 Å². The summed E-state index contributed by atoms with van der Waals surface area (Å²) in [6, 6.07) is 1.90. The molecule has 1 saturated heterocycles. The number of carboxylic acid groups (broad SMARTS) is 1. The van der Waals surface area contributed by atoms with Crippen LogP contribution < -0.4 is 0 Å². The second-order valence-corrected chi connectivity index (χ2v) is 4.96. The summed E-state index contributed by atoms with van der Waals surface area (Å²) in [7, 11) is 0. The van der Waals surface area contributed by atoms with Gasteiger partial charge in [0.05, 0.1) is 10.9 Å². The first-order valence-electron chi connectivity index (χ1n) is 5.61. The number of pyridine rings is 1. The van der Waals surface area contributed by atoms with E-state index in [1.165, 1.54) is 0 Å². The van der Waals surface area contributed by atoms with Crippen molar-refractivity contribution in [2.24, 2.45) is 11.8 Å². The van der Waals surface area contributed by atoms with E-state index in [-0.39, 0.29) is 11.8 Å². The van der Waals surface area contributed by atoms with Gasteiger partial charge in [-0.3, -0.25) is 14.7 Å². The molecule has 0 spiro atoms. The summed E-state index contributed by atoms with van der Waals surface area (Å²) in [5.41, 5.74) is 1.04. The minimum absolute atomic E-state index is 0.258. The van der Waals surface area contributed by atoms with Crippen molar-refractivity contribution < 1.29 is 9.90 Å². The Morgan fingerprint density at radius 1 is 1.71 bits per heavy atom. The molecule has 1 aliphatic heterocycles. The summed E-state index contributed by atoms with van der Waals surface area (Å²) >= 11 is 6.02. The van der Waals surface area contributed by atoms with E-state index in [2.05, 4.69) is 9.88 Å². The number of carboxylic acids is 1. The molecule has 1 aromatic rings. The number of carbonyl (C=O) groups is 1. The van der Waals surface area contributed by atoms with Crippen molar-refractivity contribution in [1.82, 2.24) is 9.88 Å². The summed E-state index contributed by atoms with van der Waals surface area (Å²) < 4.78 is 0. The normalized spacial score (nSPS) is 18.7. The molecule has 1 N–H and O–H groups in total. The summed E-state index contributed by atoms with van der Waals surface area (Å²) in [5, 5.41) is 9.56. The summed E-state index contributed by atoms with van der Waals surface area (Å²) in [4.78, 5) is 16.9. The van der Waals surface area contributed by atoms with Crippen LogP contribution in [0.5, 0.6) is 0 Å². The van der Waals surface area contributed by atoms with E-state index in [0.29, 0.717) is 5.02 Å². The fourth-order valence-electron chi connectivity index (χ4n) is 2.03. The maximum absolute atomic E-state index is 10.8. The van der Waals surface area contributed by atoms with E-state index in [9.17, 15) is 4.79 Å². The number of likely N-dealkylation sites (tertiary alicyclic amines) is 1. The fraction of sp³-hybridized carbons (Fsp3) is 0.500. The highest BCUT2D eigenvalue weighted by molar-refractivity contribution is 6.31. The molecule has 0 saturated carbocycles. The van der Waals surface area contributed by atoms with Crippen LogP contribution in [-0.4, -0.2) is 34.0 Å². The number of nitrogens with zero attached hydrogens (tertiary/aromatic N) is 2. The van der Waals surface area contributed by atoms with Gasteiger partial charge in [0, 0.05) is 32.0 Å². The number of hydrogen-bond acceptors (Lipinski definition) is 3. The lowest BCUT2D eigenvalue weighted by Gasteiger charge is -2.41. The minimum atomic E-state index is -0.711. The standard InChI is InChI=1S/C12H15ClN2O2/c1-8(12(16)17)10-6-15(7-10)5-9-2-3-14-4-11(9)13/h2-4,8,10H,5-7H2,1H3,(H,16,17). The highest BCUT2D eigenvalue weighted by Crippen LogP contribution is 2.27. The molecule has 0 aliphatic carbocycles. The number of rotatable bonds is 4. The van der Waals surface area contributed by atoms with E-state index in [1.54, 1.807) is 19.3 Å². The first-order valence-corrected chi connectivity index (χ1v) is 5.99. The van der Waals surface area contributed by atoms with Gasteiger partial charge in [-0.2, -0.15) is 0 Å². The molecule has 2 rings (SSSR count). The lowest BCUT2D eigenvalue weighted by molar-refractivity contribution is -0.145. The molecule has 1 aliphatic rings. The Hall–Kier alpha value is -1.13. The number of hydrogen-bond donors (Lipinski definition) is 1. The largest absolute Gasteiger partial charge is 0.481 e. The molecule has 1 fully saturated rings. The fourth-order valence-corrected chi connectivity index (χ4v) is 2.21. The van der Waals surface area contributed by atoms with Crippen molar-refractivity contribution in [3.8, 4) is 0 Å². The molecule has 1 atom stereocenters. The summed E-state index contributed by atoms with van der Waals surface area (Å²) in [6.07, 6.45) is 3.35. The van der Waals surface area contributed by atoms with Gasteiger partial charge in [0.15, 0.2) is 0 Å². The SMILES string of the molecule is CC(C(=O)O)C1CN(Cc2ccncc2Cl)C1. The van der Waals surface area contributed by atoms with Crippen LogP contribution in [0.3, 0.4) is 0 Å². The molecule has 5 heteroatoms. The van der Waals surface area contributed by atoms with Crippen LogP contribution in [0.4, 0.5) is 0 Å².